The van der Waals surface area contributed by atoms with Gasteiger partial charge in [-0.3, -0.25) is 4.98 Å². The van der Waals surface area contributed by atoms with Crippen molar-refractivity contribution in [1.29, 1.82) is 0 Å². The third-order valence-corrected chi connectivity index (χ3v) is 3.04. The number of pyridine rings is 1. The Balaban J connectivity index is 1.85. The van der Waals surface area contributed by atoms with E-state index in [0.29, 0.717) is 0 Å². The van der Waals surface area contributed by atoms with Crippen LogP contribution in [0.15, 0.2) is 36.8 Å². The monoisotopic (exact) mass is 256 g/mol. The second-order valence-electron chi connectivity index (χ2n) is 4.66. The first-order chi connectivity index (χ1) is 9.28. The largest absolute Gasteiger partial charge is 0.300 e. The topological polar surface area (TPSA) is 41.9 Å². The van der Waals surface area contributed by atoms with Gasteiger partial charge in [-0.2, -0.15) is 0 Å². The molecule has 4 heteroatoms. The summed E-state index contributed by atoms with van der Waals surface area (Å²) in [7, 11) is 2.12. The van der Waals surface area contributed by atoms with E-state index in [4.69, 9.17) is 0 Å². The van der Waals surface area contributed by atoms with Gasteiger partial charge in [-0.15, -0.1) is 0 Å². The van der Waals surface area contributed by atoms with Crippen LogP contribution in [0.25, 0.3) is 0 Å². The van der Waals surface area contributed by atoms with Gasteiger partial charge in [0.05, 0.1) is 5.69 Å². The van der Waals surface area contributed by atoms with Crippen LogP contribution in [0.5, 0.6) is 0 Å². The van der Waals surface area contributed by atoms with Crippen LogP contribution in [0.3, 0.4) is 0 Å². The summed E-state index contributed by atoms with van der Waals surface area (Å²) >= 11 is 0. The van der Waals surface area contributed by atoms with Gasteiger partial charge in [0.25, 0.3) is 0 Å². The summed E-state index contributed by atoms with van der Waals surface area (Å²) in [6.45, 7) is 3.95. The Labute approximate surface area is 114 Å². The van der Waals surface area contributed by atoms with E-state index < -0.39 is 0 Å². The van der Waals surface area contributed by atoms with Crippen molar-refractivity contribution < 1.29 is 0 Å². The van der Waals surface area contributed by atoms with Gasteiger partial charge in [0, 0.05) is 38.1 Å². The lowest BCUT2D eigenvalue weighted by Crippen LogP contribution is -2.21. The lowest BCUT2D eigenvalue weighted by Gasteiger charge is -2.16. The maximum Gasteiger partial charge on any atom is 0.128 e. The van der Waals surface area contributed by atoms with Crippen LogP contribution in [0.1, 0.15) is 24.0 Å². The minimum absolute atomic E-state index is 0.862. The van der Waals surface area contributed by atoms with Gasteiger partial charge in [0.2, 0.25) is 0 Å². The molecule has 0 atom stereocenters. The molecule has 0 bridgehead atoms. The third-order valence-electron chi connectivity index (χ3n) is 3.04. The Morgan fingerprint density at radius 2 is 1.89 bits per heavy atom. The van der Waals surface area contributed by atoms with E-state index in [1.807, 2.05) is 24.7 Å². The van der Waals surface area contributed by atoms with Crippen molar-refractivity contribution in [3.05, 3.63) is 53.9 Å². The molecule has 19 heavy (non-hydrogen) atoms. The predicted octanol–water partition coefficient (Wildman–Crippen LogP) is 2.11. The van der Waals surface area contributed by atoms with E-state index >= 15 is 0 Å². The number of likely N-dealkylation sites (N-methyl/N-ethyl adjacent to an activating group) is 1. The van der Waals surface area contributed by atoms with Gasteiger partial charge < -0.3 is 4.90 Å². The molecule has 2 rings (SSSR count). The first-order valence-corrected chi connectivity index (χ1v) is 6.66. The summed E-state index contributed by atoms with van der Waals surface area (Å²) in [5, 5.41) is 0. The van der Waals surface area contributed by atoms with E-state index in [2.05, 4.69) is 46.0 Å². The quantitative estimate of drug-likeness (QED) is 0.794. The molecule has 0 amide bonds. The van der Waals surface area contributed by atoms with Crippen molar-refractivity contribution >= 4 is 0 Å². The zero-order valence-electron chi connectivity index (χ0n) is 11.6. The van der Waals surface area contributed by atoms with Crippen molar-refractivity contribution in [3.8, 4) is 0 Å². The Bertz CT molecular complexity index is 499. The van der Waals surface area contributed by atoms with E-state index in [1.54, 1.807) is 0 Å². The normalized spacial score (nSPS) is 10.9. The second kappa shape index (κ2) is 6.95. The van der Waals surface area contributed by atoms with Crippen molar-refractivity contribution in [3.63, 3.8) is 0 Å². The Kier molecular flexibility index (Phi) is 4.98. The number of nitrogens with zero attached hydrogens (tertiary/aromatic N) is 4. The number of hydrogen-bond acceptors (Lipinski definition) is 4. The summed E-state index contributed by atoms with van der Waals surface area (Å²) in [6.07, 6.45) is 7.44. The van der Waals surface area contributed by atoms with Crippen molar-refractivity contribution in [2.45, 2.75) is 26.3 Å². The van der Waals surface area contributed by atoms with Crippen molar-refractivity contribution in [1.82, 2.24) is 19.9 Å². The number of aromatic nitrogens is 3. The summed E-state index contributed by atoms with van der Waals surface area (Å²) in [4.78, 5) is 15.1. The van der Waals surface area contributed by atoms with Gasteiger partial charge in [0.1, 0.15) is 5.82 Å². The molecule has 0 N–H and O–H groups in total. The van der Waals surface area contributed by atoms with Crippen LogP contribution in [-0.2, 0) is 19.4 Å². The molecule has 2 heterocycles. The molecule has 0 fully saturated rings. The second-order valence-corrected chi connectivity index (χ2v) is 4.66. The SMILES string of the molecule is CCc1nccc(CN(C)CCc2ccncc2)n1. The molecule has 0 aromatic carbocycles. The highest BCUT2D eigenvalue weighted by Gasteiger charge is 2.03. The van der Waals surface area contributed by atoms with Gasteiger partial charge in [0.15, 0.2) is 0 Å². The van der Waals surface area contributed by atoms with E-state index in [1.165, 1.54) is 5.56 Å². The molecule has 2 aromatic rings. The Hall–Kier alpha value is -1.81. The molecule has 0 spiro atoms. The lowest BCUT2D eigenvalue weighted by molar-refractivity contribution is 0.326. The molecule has 0 aliphatic carbocycles. The van der Waals surface area contributed by atoms with Gasteiger partial charge in [-0.05, 0) is 37.2 Å². The highest BCUT2D eigenvalue weighted by atomic mass is 15.1. The highest BCUT2D eigenvalue weighted by Crippen LogP contribution is 2.03. The zero-order chi connectivity index (χ0) is 13.5. The van der Waals surface area contributed by atoms with Crippen molar-refractivity contribution in [2.24, 2.45) is 0 Å². The number of aryl methyl sites for hydroxylation is 1. The fourth-order valence-electron chi connectivity index (χ4n) is 1.92. The first kappa shape index (κ1) is 13.6. The average molecular weight is 256 g/mol. The molecule has 0 aliphatic rings. The molecule has 4 nitrogen and oxygen atoms in total. The Morgan fingerprint density at radius 3 is 2.63 bits per heavy atom. The van der Waals surface area contributed by atoms with E-state index in [9.17, 15) is 0 Å². The van der Waals surface area contributed by atoms with Crippen LogP contribution in [0, 0.1) is 0 Å². The Morgan fingerprint density at radius 1 is 1.11 bits per heavy atom. The van der Waals surface area contributed by atoms with Gasteiger partial charge in [-0.25, -0.2) is 9.97 Å². The summed E-state index contributed by atoms with van der Waals surface area (Å²) in [6, 6.07) is 6.11. The minimum Gasteiger partial charge on any atom is -0.300 e. The lowest BCUT2D eigenvalue weighted by atomic mass is 10.2. The minimum atomic E-state index is 0.862. The highest BCUT2D eigenvalue weighted by molar-refractivity contribution is 5.10. The molecule has 100 valence electrons. The molecule has 0 saturated heterocycles. The smallest absolute Gasteiger partial charge is 0.128 e. The van der Waals surface area contributed by atoms with Gasteiger partial charge >= 0.3 is 0 Å². The van der Waals surface area contributed by atoms with E-state index in [0.717, 1.165) is 37.4 Å². The molecule has 0 saturated carbocycles. The molecule has 0 radical (unpaired) electrons. The molecule has 0 unspecified atom stereocenters. The van der Waals surface area contributed by atoms with Crippen LogP contribution < -0.4 is 0 Å². The molecule has 0 aliphatic heterocycles. The van der Waals surface area contributed by atoms with Crippen molar-refractivity contribution in [2.75, 3.05) is 13.6 Å². The van der Waals surface area contributed by atoms with Crippen LogP contribution in [0.4, 0.5) is 0 Å². The average Bonchev–Trinajstić information content (AvgIpc) is 2.46. The number of hydrogen-bond donors (Lipinski definition) is 0. The predicted molar refractivity (Wildman–Crippen MR) is 75.7 cm³/mol. The fraction of sp³-hybridized carbons (Fsp3) is 0.400. The maximum absolute atomic E-state index is 4.52. The molecular formula is C15H20N4. The summed E-state index contributed by atoms with van der Waals surface area (Å²) in [5.74, 6) is 0.917. The standard InChI is InChI=1S/C15H20N4/c1-3-15-17-10-6-14(18-15)12-19(2)11-7-13-4-8-16-9-5-13/h4-6,8-10H,3,7,11-12H2,1-2H3. The van der Waals surface area contributed by atoms with E-state index in [-0.39, 0.29) is 0 Å². The summed E-state index contributed by atoms with van der Waals surface area (Å²) < 4.78 is 0. The first-order valence-electron chi connectivity index (χ1n) is 6.66. The molecule has 2 aromatic heterocycles. The third kappa shape index (κ3) is 4.41. The number of rotatable bonds is 6. The zero-order valence-corrected chi connectivity index (χ0v) is 11.6. The van der Waals surface area contributed by atoms with Gasteiger partial charge in [-0.1, -0.05) is 6.92 Å². The van der Waals surface area contributed by atoms with Crippen LogP contribution in [-0.4, -0.2) is 33.4 Å². The molecular weight excluding hydrogens is 236 g/mol. The van der Waals surface area contributed by atoms with Crippen LogP contribution >= 0.6 is 0 Å². The maximum atomic E-state index is 4.52. The van der Waals surface area contributed by atoms with Crippen LogP contribution in [0.2, 0.25) is 0 Å². The fourth-order valence-corrected chi connectivity index (χ4v) is 1.92. The summed E-state index contributed by atoms with van der Waals surface area (Å²) in [5.41, 5.74) is 2.41.